The molecule has 0 fully saturated rings. The number of ketones is 1. The summed E-state index contributed by atoms with van der Waals surface area (Å²) in [5, 5.41) is 0. The van der Waals surface area contributed by atoms with Crippen LogP contribution in [-0.2, 0) is 19.1 Å². The van der Waals surface area contributed by atoms with Gasteiger partial charge >= 0.3 is 5.97 Å². The van der Waals surface area contributed by atoms with Gasteiger partial charge in [0.25, 0.3) is 0 Å². The highest BCUT2D eigenvalue weighted by Crippen LogP contribution is 2.18. The molecule has 4 heteroatoms. The predicted octanol–water partition coefficient (Wildman–Crippen LogP) is 4.55. The maximum atomic E-state index is 12.1. The van der Waals surface area contributed by atoms with Crippen LogP contribution in [0.15, 0.2) is 0 Å². The molecule has 2 unspecified atom stereocenters. The first-order valence-corrected chi connectivity index (χ1v) is 9.20. The molecule has 0 rings (SSSR count). The first-order chi connectivity index (χ1) is 10.9. The Bertz CT molecular complexity index is 325. The lowest BCUT2D eigenvalue weighted by atomic mass is 9.90. The monoisotopic (exact) mass is 328 g/mol. The molecule has 0 aliphatic carbocycles. The minimum absolute atomic E-state index is 0.00103. The third-order valence-electron chi connectivity index (χ3n) is 3.85. The van der Waals surface area contributed by atoms with E-state index < -0.39 is 5.97 Å². The fraction of sp³-hybridized carbons (Fsp3) is 0.895. The van der Waals surface area contributed by atoms with Gasteiger partial charge in [-0.05, 0) is 32.1 Å². The van der Waals surface area contributed by atoms with Crippen LogP contribution in [0.25, 0.3) is 0 Å². The van der Waals surface area contributed by atoms with Crippen molar-refractivity contribution in [1.82, 2.24) is 0 Å². The zero-order valence-electron chi connectivity index (χ0n) is 15.7. The molecule has 136 valence electrons. The maximum absolute atomic E-state index is 12.1. The van der Waals surface area contributed by atoms with Gasteiger partial charge in [0.1, 0.15) is 18.3 Å². The van der Waals surface area contributed by atoms with E-state index in [0.717, 1.165) is 19.3 Å². The van der Waals surface area contributed by atoms with E-state index in [-0.39, 0.29) is 24.2 Å². The number of Topliss-reactive ketones (excluding diaryl/α,β-unsaturated/α-hetero) is 1. The van der Waals surface area contributed by atoms with Crippen molar-refractivity contribution in [3.05, 3.63) is 0 Å². The van der Waals surface area contributed by atoms with Crippen LogP contribution < -0.4 is 0 Å². The lowest BCUT2D eigenvalue weighted by molar-refractivity contribution is -0.153. The Hall–Kier alpha value is -0.900. The molecule has 0 aliphatic heterocycles. The molecule has 2 atom stereocenters. The second-order valence-corrected chi connectivity index (χ2v) is 6.81. The van der Waals surface area contributed by atoms with Crippen LogP contribution in [0.2, 0.25) is 0 Å². The van der Waals surface area contributed by atoms with Gasteiger partial charge < -0.3 is 9.47 Å². The minimum Gasteiger partial charge on any atom is -0.460 e. The van der Waals surface area contributed by atoms with Gasteiger partial charge in [0.05, 0.1) is 6.61 Å². The summed E-state index contributed by atoms with van der Waals surface area (Å²) in [7, 11) is 0. The summed E-state index contributed by atoms with van der Waals surface area (Å²) in [5.41, 5.74) is 0. The van der Waals surface area contributed by atoms with Crippen molar-refractivity contribution in [2.45, 2.75) is 85.7 Å². The van der Waals surface area contributed by atoms with Gasteiger partial charge in [-0.3, -0.25) is 9.59 Å². The smallest absolute Gasteiger partial charge is 0.313 e. The van der Waals surface area contributed by atoms with Crippen LogP contribution in [0.1, 0.15) is 79.6 Å². The number of carbonyl (C=O) groups is 2. The Balaban J connectivity index is 3.92. The molecule has 0 aromatic heterocycles. The molecular weight excluding hydrogens is 292 g/mol. The van der Waals surface area contributed by atoms with E-state index in [1.54, 1.807) is 6.92 Å². The van der Waals surface area contributed by atoms with Crippen molar-refractivity contribution in [2.24, 2.45) is 11.8 Å². The topological polar surface area (TPSA) is 52.6 Å². The number of esters is 1. The molecular formula is C19H36O4. The van der Waals surface area contributed by atoms with Gasteiger partial charge in [-0.1, -0.05) is 47.0 Å². The number of rotatable bonds is 14. The first-order valence-electron chi connectivity index (χ1n) is 9.20. The molecule has 4 nitrogen and oxygen atoms in total. The van der Waals surface area contributed by atoms with Gasteiger partial charge in [-0.15, -0.1) is 0 Å². The second kappa shape index (κ2) is 13.5. The zero-order valence-corrected chi connectivity index (χ0v) is 15.7. The van der Waals surface area contributed by atoms with Crippen molar-refractivity contribution in [3.63, 3.8) is 0 Å². The van der Waals surface area contributed by atoms with Crippen LogP contribution in [0.5, 0.6) is 0 Å². The zero-order chi connectivity index (χ0) is 17.7. The predicted molar refractivity (Wildman–Crippen MR) is 93.4 cm³/mol. The number of unbranched alkanes of at least 4 members (excludes halogenated alkanes) is 3. The average Bonchev–Trinajstić information content (AvgIpc) is 2.47. The molecule has 0 radical (unpaired) electrons. The highest BCUT2D eigenvalue weighted by molar-refractivity contribution is 5.96. The molecule has 0 saturated heterocycles. The van der Waals surface area contributed by atoms with Gasteiger partial charge in [-0.25, -0.2) is 0 Å². The normalized spacial score (nSPS) is 13.8. The van der Waals surface area contributed by atoms with Crippen molar-refractivity contribution >= 4 is 11.8 Å². The third-order valence-corrected chi connectivity index (χ3v) is 3.85. The first kappa shape index (κ1) is 22.1. The van der Waals surface area contributed by atoms with Crippen LogP contribution in [0.3, 0.4) is 0 Å². The summed E-state index contributed by atoms with van der Waals surface area (Å²) >= 11 is 0. The quantitative estimate of drug-likeness (QED) is 0.267. The molecule has 0 aromatic carbocycles. The van der Waals surface area contributed by atoms with E-state index in [1.807, 2.05) is 6.92 Å². The van der Waals surface area contributed by atoms with Gasteiger partial charge in [0.2, 0.25) is 0 Å². The summed E-state index contributed by atoms with van der Waals surface area (Å²) in [6.45, 7) is 11.3. The summed E-state index contributed by atoms with van der Waals surface area (Å²) < 4.78 is 10.8. The maximum Gasteiger partial charge on any atom is 0.313 e. The third kappa shape index (κ3) is 12.2. The molecule has 0 aliphatic rings. The summed E-state index contributed by atoms with van der Waals surface area (Å²) in [6, 6.07) is 0. The minimum atomic E-state index is -0.431. The summed E-state index contributed by atoms with van der Waals surface area (Å²) in [5.74, 6) is -0.00852. The van der Waals surface area contributed by atoms with Gasteiger partial charge in [-0.2, -0.15) is 0 Å². The largest absolute Gasteiger partial charge is 0.460 e. The molecule has 0 saturated carbocycles. The molecule has 0 bridgehead atoms. The van der Waals surface area contributed by atoms with E-state index in [4.69, 9.17) is 9.47 Å². The Morgan fingerprint density at radius 1 is 1.00 bits per heavy atom. The van der Waals surface area contributed by atoms with Crippen LogP contribution in [-0.4, -0.2) is 31.1 Å². The number of hydrogen-bond acceptors (Lipinski definition) is 4. The van der Waals surface area contributed by atoms with Crippen LogP contribution in [0, 0.1) is 11.8 Å². The molecule has 0 N–H and O–H groups in total. The fourth-order valence-corrected chi connectivity index (χ4v) is 2.56. The highest BCUT2D eigenvalue weighted by Gasteiger charge is 2.22. The average molecular weight is 328 g/mol. The molecule has 0 spiro atoms. The van der Waals surface area contributed by atoms with E-state index in [9.17, 15) is 9.59 Å². The molecule has 0 amide bonds. The lowest BCUT2D eigenvalue weighted by Crippen LogP contribution is -2.25. The Morgan fingerprint density at radius 2 is 1.70 bits per heavy atom. The Labute approximate surface area is 142 Å². The van der Waals surface area contributed by atoms with E-state index >= 15 is 0 Å². The SMILES string of the molecule is CCCCCCOCC(C)OC(=O)CC(=O)C(CC)CC(C)C. The molecule has 23 heavy (non-hydrogen) atoms. The number of ether oxygens (including phenoxy) is 2. The standard InChI is InChI=1S/C19H36O4/c1-6-8-9-10-11-22-14-16(5)23-19(21)13-18(20)17(7-2)12-15(3)4/h15-17H,6-14H2,1-5H3. The summed E-state index contributed by atoms with van der Waals surface area (Å²) in [6.07, 6.45) is 5.84. The number of hydrogen-bond donors (Lipinski definition) is 0. The van der Waals surface area contributed by atoms with Crippen molar-refractivity contribution in [3.8, 4) is 0 Å². The van der Waals surface area contributed by atoms with E-state index in [2.05, 4.69) is 20.8 Å². The Kier molecular flexibility index (Phi) is 13.0. The van der Waals surface area contributed by atoms with Gasteiger partial charge in [0.15, 0.2) is 0 Å². The van der Waals surface area contributed by atoms with Crippen LogP contribution >= 0.6 is 0 Å². The van der Waals surface area contributed by atoms with Crippen molar-refractivity contribution in [2.75, 3.05) is 13.2 Å². The van der Waals surface area contributed by atoms with Crippen LogP contribution in [0.4, 0.5) is 0 Å². The second-order valence-electron chi connectivity index (χ2n) is 6.81. The Morgan fingerprint density at radius 3 is 2.26 bits per heavy atom. The van der Waals surface area contributed by atoms with Crippen molar-refractivity contribution in [1.29, 1.82) is 0 Å². The molecule has 0 aromatic rings. The van der Waals surface area contributed by atoms with Crippen molar-refractivity contribution < 1.29 is 19.1 Å². The highest BCUT2D eigenvalue weighted by atomic mass is 16.6. The lowest BCUT2D eigenvalue weighted by Gasteiger charge is -2.17. The van der Waals surface area contributed by atoms with E-state index in [1.165, 1.54) is 19.3 Å². The summed E-state index contributed by atoms with van der Waals surface area (Å²) in [4.78, 5) is 24.0. The number of carbonyl (C=O) groups excluding carboxylic acids is 2. The fourth-order valence-electron chi connectivity index (χ4n) is 2.56. The van der Waals surface area contributed by atoms with Gasteiger partial charge in [0, 0.05) is 12.5 Å². The molecule has 0 heterocycles. The van der Waals surface area contributed by atoms with E-state index in [0.29, 0.717) is 19.1 Å².